The summed E-state index contributed by atoms with van der Waals surface area (Å²) in [6, 6.07) is 0. The standard InChI is InChI=1S/C10H14O3S/c11-14(12)8-10(6-7-13-14)9-4-2-1-3-5-9/h6-9H,1-5H2. The molecule has 0 unspecified atom stereocenters. The van der Waals surface area contributed by atoms with Crippen LogP contribution in [0.3, 0.4) is 0 Å². The lowest BCUT2D eigenvalue weighted by atomic mass is 9.84. The molecule has 0 radical (unpaired) electrons. The fourth-order valence-corrected chi connectivity index (χ4v) is 2.96. The van der Waals surface area contributed by atoms with Gasteiger partial charge in [0.15, 0.2) is 0 Å². The summed E-state index contributed by atoms with van der Waals surface area (Å²) in [6.07, 6.45) is 8.94. The molecule has 0 N–H and O–H groups in total. The molecule has 1 aliphatic heterocycles. The molecule has 0 aromatic heterocycles. The zero-order chi connectivity index (χ0) is 10.0. The highest BCUT2D eigenvalue weighted by Crippen LogP contribution is 2.32. The monoisotopic (exact) mass is 214 g/mol. The zero-order valence-electron chi connectivity index (χ0n) is 7.98. The summed E-state index contributed by atoms with van der Waals surface area (Å²) >= 11 is 0. The summed E-state index contributed by atoms with van der Waals surface area (Å²) < 4.78 is 26.8. The van der Waals surface area contributed by atoms with Gasteiger partial charge < -0.3 is 4.18 Å². The second kappa shape index (κ2) is 3.77. The topological polar surface area (TPSA) is 43.4 Å². The molecule has 2 rings (SSSR count). The molecule has 4 heteroatoms. The van der Waals surface area contributed by atoms with Gasteiger partial charge in [0.05, 0.1) is 5.41 Å². The van der Waals surface area contributed by atoms with E-state index in [1.807, 2.05) is 0 Å². The molecule has 1 heterocycles. The van der Waals surface area contributed by atoms with Crippen molar-refractivity contribution in [2.24, 2.45) is 5.92 Å². The van der Waals surface area contributed by atoms with Crippen molar-refractivity contribution >= 4 is 10.1 Å². The van der Waals surface area contributed by atoms with Crippen molar-refractivity contribution in [3.63, 3.8) is 0 Å². The maximum atomic E-state index is 11.2. The molecular weight excluding hydrogens is 200 g/mol. The van der Waals surface area contributed by atoms with Gasteiger partial charge in [-0.25, -0.2) is 0 Å². The summed E-state index contributed by atoms with van der Waals surface area (Å²) in [5.74, 6) is 0.415. The van der Waals surface area contributed by atoms with Gasteiger partial charge in [-0.3, -0.25) is 0 Å². The Kier molecular flexibility index (Phi) is 2.63. The van der Waals surface area contributed by atoms with Gasteiger partial charge in [-0.1, -0.05) is 19.3 Å². The lowest BCUT2D eigenvalue weighted by molar-refractivity contribution is 0.401. The quantitative estimate of drug-likeness (QED) is 0.629. The molecule has 0 bridgehead atoms. The second-order valence-corrected chi connectivity index (χ2v) is 5.26. The molecule has 3 nitrogen and oxygen atoms in total. The minimum Gasteiger partial charge on any atom is -0.387 e. The van der Waals surface area contributed by atoms with Crippen LogP contribution in [0.5, 0.6) is 0 Å². The van der Waals surface area contributed by atoms with Crippen LogP contribution >= 0.6 is 0 Å². The van der Waals surface area contributed by atoms with Gasteiger partial charge in [-0.15, -0.1) is 0 Å². The Balaban J connectivity index is 2.17. The molecule has 0 spiro atoms. The van der Waals surface area contributed by atoms with Crippen molar-refractivity contribution < 1.29 is 12.6 Å². The zero-order valence-corrected chi connectivity index (χ0v) is 8.79. The Bertz CT molecular complexity index is 359. The van der Waals surface area contributed by atoms with Gasteiger partial charge in [0, 0.05) is 0 Å². The van der Waals surface area contributed by atoms with Gasteiger partial charge in [-0.2, -0.15) is 8.42 Å². The molecule has 0 saturated heterocycles. The summed E-state index contributed by atoms with van der Waals surface area (Å²) in [5.41, 5.74) is 0.913. The Morgan fingerprint density at radius 3 is 2.57 bits per heavy atom. The van der Waals surface area contributed by atoms with Crippen LogP contribution in [0.25, 0.3) is 0 Å². The van der Waals surface area contributed by atoms with E-state index < -0.39 is 10.1 Å². The van der Waals surface area contributed by atoms with E-state index in [1.165, 1.54) is 30.9 Å². The van der Waals surface area contributed by atoms with E-state index in [-0.39, 0.29) is 0 Å². The van der Waals surface area contributed by atoms with Crippen LogP contribution in [-0.2, 0) is 14.3 Å². The lowest BCUT2D eigenvalue weighted by Crippen LogP contribution is -2.12. The molecule has 78 valence electrons. The highest BCUT2D eigenvalue weighted by Gasteiger charge is 2.21. The average Bonchev–Trinajstić information content (AvgIpc) is 2.18. The molecule has 1 fully saturated rings. The largest absolute Gasteiger partial charge is 0.387 e. The number of rotatable bonds is 1. The average molecular weight is 214 g/mol. The van der Waals surface area contributed by atoms with E-state index in [4.69, 9.17) is 0 Å². The Hall–Kier alpha value is -0.770. The number of hydrogen-bond donors (Lipinski definition) is 0. The Labute approximate surface area is 84.6 Å². The van der Waals surface area contributed by atoms with E-state index >= 15 is 0 Å². The molecule has 0 aromatic carbocycles. The summed E-state index contributed by atoms with van der Waals surface area (Å²) in [4.78, 5) is 0. The third-order valence-electron chi connectivity index (χ3n) is 2.81. The normalized spacial score (nSPS) is 26.7. The van der Waals surface area contributed by atoms with E-state index in [9.17, 15) is 8.42 Å². The minimum absolute atomic E-state index is 0.415. The van der Waals surface area contributed by atoms with Crippen molar-refractivity contribution in [3.8, 4) is 0 Å². The van der Waals surface area contributed by atoms with E-state index in [1.54, 1.807) is 6.08 Å². The maximum absolute atomic E-state index is 11.2. The van der Waals surface area contributed by atoms with Crippen molar-refractivity contribution in [2.75, 3.05) is 0 Å². The molecule has 1 aliphatic carbocycles. The third kappa shape index (κ3) is 2.18. The van der Waals surface area contributed by atoms with Crippen molar-refractivity contribution in [1.29, 1.82) is 0 Å². The first kappa shape index (κ1) is 9.77. The summed E-state index contributed by atoms with van der Waals surface area (Å²) in [6.45, 7) is 0. The minimum atomic E-state index is -3.43. The van der Waals surface area contributed by atoms with Crippen molar-refractivity contribution in [2.45, 2.75) is 32.1 Å². The molecule has 0 amide bonds. The van der Waals surface area contributed by atoms with Crippen molar-refractivity contribution in [3.05, 3.63) is 23.3 Å². The fraction of sp³-hybridized carbons (Fsp3) is 0.600. The van der Waals surface area contributed by atoms with Crippen molar-refractivity contribution in [1.82, 2.24) is 0 Å². The second-order valence-electron chi connectivity index (χ2n) is 3.84. The fourth-order valence-electron chi connectivity index (χ4n) is 2.09. The van der Waals surface area contributed by atoms with Gasteiger partial charge in [-0.05, 0) is 30.4 Å². The number of hydrogen-bond acceptors (Lipinski definition) is 3. The highest BCUT2D eigenvalue weighted by molar-refractivity contribution is 7.89. The Morgan fingerprint density at radius 1 is 1.21 bits per heavy atom. The van der Waals surface area contributed by atoms with Crippen LogP contribution in [0.1, 0.15) is 32.1 Å². The van der Waals surface area contributed by atoms with Crippen LogP contribution in [0.15, 0.2) is 23.3 Å². The predicted molar refractivity (Wildman–Crippen MR) is 53.8 cm³/mol. The van der Waals surface area contributed by atoms with Crippen LogP contribution in [0.2, 0.25) is 0 Å². The summed E-state index contributed by atoms with van der Waals surface area (Å²) in [7, 11) is -3.43. The van der Waals surface area contributed by atoms with Gasteiger partial charge in [0.25, 0.3) is 0 Å². The van der Waals surface area contributed by atoms with Gasteiger partial charge >= 0.3 is 10.1 Å². The molecule has 0 aromatic rings. The van der Waals surface area contributed by atoms with Gasteiger partial charge in [0.2, 0.25) is 0 Å². The smallest absolute Gasteiger partial charge is 0.331 e. The Morgan fingerprint density at radius 2 is 1.93 bits per heavy atom. The van der Waals surface area contributed by atoms with E-state index in [0.717, 1.165) is 18.4 Å². The first-order valence-corrected chi connectivity index (χ1v) is 6.46. The molecule has 0 atom stereocenters. The van der Waals surface area contributed by atoms with Crippen LogP contribution < -0.4 is 0 Å². The lowest BCUT2D eigenvalue weighted by Gasteiger charge is -2.23. The molecule has 14 heavy (non-hydrogen) atoms. The third-order valence-corrected chi connectivity index (χ3v) is 3.75. The predicted octanol–water partition coefficient (Wildman–Crippen LogP) is 2.32. The van der Waals surface area contributed by atoms with E-state index in [0.29, 0.717) is 5.92 Å². The van der Waals surface area contributed by atoms with Gasteiger partial charge in [0.1, 0.15) is 6.26 Å². The molecular formula is C10H14O3S. The number of allylic oxidation sites excluding steroid dienone is 2. The van der Waals surface area contributed by atoms with E-state index in [2.05, 4.69) is 4.18 Å². The SMILES string of the molecule is O=S1(=O)C=C(C2CCCCC2)C=CO1. The summed E-state index contributed by atoms with van der Waals surface area (Å²) in [5, 5.41) is 1.27. The van der Waals surface area contributed by atoms with Crippen LogP contribution in [0, 0.1) is 5.92 Å². The highest BCUT2D eigenvalue weighted by atomic mass is 32.2. The maximum Gasteiger partial charge on any atom is 0.331 e. The first-order valence-electron chi connectivity index (χ1n) is 4.99. The first-order chi connectivity index (χ1) is 6.67. The molecule has 2 aliphatic rings. The molecule has 1 saturated carbocycles. The van der Waals surface area contributed by atoms with Crippen LogP contribution in [0.4, 0.5) is 0 Å². The van der Waals surface area contributed by atoms with Crippen LogP contribution in [-0.4, -0.2) is 8.42 Å².